The topological polar surface area (TPSA) is 54.0 Å². The summed E-state index contributed by atoms with van der Waals surface area (Å²) < 4.78 is 10.8. The monoisotopic (exact) mass is 355 g/mol. The second-order valence-electron chi connectivity index (χ2n) is 6.26. The van der Waals surface area contributed by atoms with E-state index in [0.717, 1.165) is 41.5 Å². The molecule has 1 saturated heterocycles. The molecule has 0 unspecified atom stereocenters. The molecular formula is C20H25N3O3. The quantitative estimate of drug-likeness (QED) is 0.914. The van der Waals surface area contributed by atoms with Crippen molar-refractivity contribution in [1.82, 2.24) is 4.90 Å². The molecule has 0 radical (unpaired) electrons. The lowest BCUT2D eigenvalue weighted by Crippen LogP contribution is -2.50. The first kappa shape index (κ1) is 17.9. The Balaban J connectivity index is 1.64. The van der Waals surface area contributed by atoms with Crippen molar-refractivity contribution in [3.63, 3.8) is 0 Å². The number of benzene rings is 2. The number of anilines is 2. The summed E-state index contributed by atoms with van der Waals surface area (Å²) in [6.07, 6.45) is 0. The van der Waals surface area contributed by atoms with Gasteiger partial charge in [-0.1, -0.05) is 18.2 Å². The first-order chi connectivity index (χ1) is 12.6. The summed E-state index contributed by atoms with van der Waals surface area (Å²) in [6.45, 7) is 4.77. The predicted octanol–water partition coefficient (Wildman–Crippen LogP) is 3.37. The number of hydrogen-bond donors (Lipinski definition) is 1. The summed E-state index contributed by atoms with van der Waals surface area (Å²) in [5.41, 5.74) is 2.90. The maximum Gasteiger partial charge on any atom is 0.321 e. The molecule has 0 bridgehead atoms. The van der Waals surface area contributed by atoms with Gasteiger partial charge in [-0.3, -0.25) is 0 Å². The van der Waals surface area contributed by atoms with Crippen LogP contribution in [0.2, 0.25) is 0 Å². The summed E-state index contributed by atoms with van der Waals surface area (Å²) in [6, 6.07) is 13.5. The van der Waals surface area contributed by atoms with Gasteiger partial charge in [0, 0.05) is 37.9 Å². The Kier molecular flexibility index (Phi) is 5.51. The number of urea groups is 1. The van der Waals surface area contributed by atoms with Crippen LogP contribution in [0.1, 0.15) is 5.56 Å². The summed E-state index contributed by atoms with van der Waals surface area (Å²) in [4.78, 5) is 16.6. The van der Waals surface area contributed by atoms with E-state index in [2.05, 4.69) is 10.2 Å². The van der Waals surface area contributed by atoms with Gasteiger partial charge < -0.3 is 24.6 Å². The van der Waals surface area contributed by atoms with E-state index in [-0.39, 0.29) is 6.03 Å². The van der Waals surface area contributed by atoms with Crippen LogP contribution in [0.5, 0.6) is 11.5 Å². The molecule has 0 saturated carbocycles. The van der Waals surface area contributed by atoms with Gasteiger partial charge in [0.1, 0.15) is 11.5 Å². The molecule has 0 aliphatic carbocycles. The van der Waals surface area contributed by atoms with Crippen LogP contribution in [0.15, 0.2) is 42.5 Å². The van der Waals surface area contributed by atoms with Gasteiger partial charge in [-0.25, -0.2) is 4.79 Å². The van der Waals surface area contributed by atoms with Crippen LogP contribution in [-0.2, 0) is 0 Å². The van der Waals surface area contributed by atoms with Gasteiger partial charge in [-0.2, -0.15) is 0 Å². The number of aryl methyl sites for hydroxylation is 1. The molecule has 1 fully saturated rings. The van der Waals surface area contributed by atoms with E-state index in [4.69, 9.17) is 9.47 Å². The van der Waals surface area contributed by atoms with Gasteiger partial charge in [0.25, 0.3) is 0 Å². The van der Waals surface area contributed by atoms with Gasteiger partial charge in [-0.15, -0.1) is 0 Å². The number of amides is 2. The van der Waals surface area contributed by atoms with E-state index >= 15 is 0 Å². The fourth-order valence-corrected chi connectivity index (χ4v) is 3.10. The number of piperazine rings is 1. The van der Waals surface area contributed by atoms with E-state index in [1.165, 1.54) is 0 Å². The smallest absolute Gasteiger partial charge is 0.321 e. The number of para-hydroxylation sites is 1. The van der Waals surface area contributed by atoms with Crippen LogP contribution in [0.4, 0.5) is 16.2 Å². The SMILES string of the molecule is COc1ccc(OC)c(N2CCN(C(=O)Nc3ccccc3C)CC2)c1. The number of nitrogens with one attached hydrogen (secondary N) is 1. The van der Waals surface area contributed by atoms with Crippen molar-refractivity contribution < 1.29 is 14.3 Å². The number of carbonyl (C=O) groups is 1. The van der Waals surface area contributed by atoms with E-state index < -0.39 is 0 Å². The molecule has 138 valence electrons. The second kappa shape index (κ2) is 7.99. The van der Waals surface area contributed by atoms with E-state index in [1.54, 1.807) is 14.2 Å². The largest absolute Gasteiger partial charge is 0.497 e. The van der Waals surface area contributed by atoms with E-state index in [9.17, 15) is 4.79 Å². The predicted molar refractivity (Wildman–Crippen MR) is 104 cm³/mol. The first-order valence-corrected chi connectivity index (χ1v) is 8.71. The molecule has 0 atom stereocenters. The highest BCUT2D eigenvalue weighted by molar-refractivity contribution is 5.90. The van der Waals surface area contributed by atoms with Crippen molar-refractivity contribution in [3.05, 3.63) is 48.0 Å². The third kappa shape index (κ3) is 3.85. The zero-order valence-electron chi connectivity index (χ0n) is 15.5. The van der Waals surface area contributed by atoms with Crippen LogP contribution in [0.25, 0.3) is 0 Å². The van der Waals surface area contributed by atoms with E-state index in [0.29, 0.717) is 13.1 Å². The number of carbonyl (C=O) groups excluding carboxylic acids is 1. The summed E-state index contributed by atoms with van der Waals surface area (Å²) in [5.74, 6) is 1.60. The number of hydrogen-bond acceptors (Lipinski definition) is 4. The fourth-order valence-electron chi connectivity index (χ4n) is 3.10. The highest BCUT2D eigenvalue weighted by Gasteiger charge is 2.23. The van der Waals surface area contributed by atoms with Crippen molar-refractivity contribution in [2.24, 2.45) is 0 Å². The Morgan fingerprint density at radius 2 is 1.73 bits per heavy atom. The third-order valence-electron chi connectivity index (χ3n) is 4.68. The molecule has 1 heterocycles. The molecule has 6 nitrogen and oxygen atoms in total. The van der Waals surface area contributed by atoms with Gasteiger partial charge in [0.2, 0.25) is 0 Å². The maximum atomic E-state index is 12.5. The van der Waals surface area contributed by atoms with Crippen LogP contribution < -0.4 is 19.7 Å². The lowest BCUT2D eigenvalue weighted by molar-refractivity contribution is 0.208. The molecular weight excluding hydrogens is 330 g/mol. The van der Waals surface area contributed by atoms with Crippen molar-refractivity contribution in [1.29, 1.82) is 0 Å². The fraction of sp³-hybridized carbons (Fsp3) is 0.350. The number of nitrogens with zero attached hydrogens (tertiary/aromatic N) is 2. The zero-order chi connectivity index (χ0) is 18.5. The molecule has 26 heavy (non-hydrogen) atoms. The lowest BCUT2D eigenvalue weighted by atomic mass is 10.2. The normalized spacial score (nSPS) is 14.1. The molecule has 1 aliphatic rings. The van der Waals surface area contributed by atoms with Crippen LogP contribution in [0.3, 0.4) is 0 Å². The Morgan fingerprint density at radius 1 is 1.00 bits per heavy atom. The van der Waals surface area contributed by atoms with Crippen molar-refractivity contribution >= 4 is 17.4 Å². The average Bonchev–Trinajstić information content (AvgIpc) is 2.69. The molecule has 2 aromatic rings. The van der Waals surface area contributed by atoms with Crippen molar-refractivity contribution in [3.8, 4) is 11.5 Å². The molecule has 0 spiro atoms. The van der Waals surface area contributed by atoms with Gasteiger partial charge >= 0.3 is 6.03 Å². The van der Waals surface area contributed by atoms with Gasteiger partial charge in [0.05, 0.1) is 19.9 Å². The Labute approximate surface area is 154 Å². The minimum Gasteiger partial charge on any atom is -0.497 e. The van der Waals surface area contributed by atoms with Crippen LogP contribution >= 0.6 is 0 Å². The minimum absolute atomic E-state index is 0.0587. The molecule has 2 aromatic carbocycles. The zero-order valence-corrected chi connectivity index (χ0v) is 15.5. The Hall–Kier alpha value is -2.89. The Bertz CT molecular complexity index is 771. The summed E-state index contributed by atoms with van der Waals surface area (Å²) in [5, 5.41) is 3.00. The first-order valence-electron chi connectivity index (χ1n) is 8.71. The van der Waals surface area contributed by atoms with Crippen LogP contribution in [0, 0.1) is 6.92 Å². The summed E-state index contributed by atoms with van der Waals surface area (Å²) in [7, 11) is 3.32. The van der Waals surface area contributed by atoms with Crippen molar-refractivity contribution in [2.45, 2.75) is 6.92 Å². The highest BCUT2D eigenvalue weighted by atomic mass is 16.5. The van der Waals surface area contributed by atoms with Gasteiger partial charge in [-0.05, 0) is 30.7 Å². The lowest BCUT2D eigenvalue weighted by Gasteiger charge is -2.36. The standard InChI is InChI=1S/C20H25N3O3/c1-15-6-4-5-7-17(15)21-20(24)23-12-10-22(11-13-23)18-14-16(25-2)8-9-19(18)26-3/h4-9,14H,10-13H2,1-3H3,(H,21,24). The highest BCUT2D eigenvalue weighted by Crippen LogP contribution is 2.32. The second-order valence-corrected chi connectivity index (χ2v) is 6.26. The minimum atomic E-state index is -0.0587. The number of ether oxygens (including phenoxy) is 2. The van der Waals surface area contributed by atoms with E-state index in [1.807, 2.05) is 54.3 Å². The molecule has 1 N–H and O–H groups in total. The molecule has 3 rings (SSSR count). The van der Waals surface area contributed by atoms with Gasteiger partial charge in [0.15, 0.2) is 0 Å². The Morgan fingerprint density at radius 3 is 2.38 bits per heavy atom. The van der Waals surface area contributed by atoms with Crippen LogP contribution in [-0.4, -0.2) is 51.3 Å². The molecule has 2 amide bonds. The third-order valence-corrected chi connectivity index (χ3v) is 4.68. The number of rotatable bonds is 4. The van der Waals surface area contributed by atoms with Crippen molar-refractivity contribution in [2.75, 3.05) is 50.6 Å². The summed E-state index contributed by atoms with van der Waals surface area (Å²) >= 11 is 0. The average molecular weight is 355 g/mol. The molecule has 1 aliphatic heterocycles. The number of methoxy groups -OCH3 is 2. The molecule has 6 heteroatoms. The maximum absolute atomic E-state index is 12.5. The molecule has 0 aromatic heterocycles.